The third-order valence-corrected chi connectivity index (χ3v) is 4.21. The molecule has 0 spiro atoms. The molecule has 26 heavy (non-hydrogen) atoms. The SMILES string of the molecule is CNc1nc(-c2ccccc2)nc2ccc(-c3ccc(F)cc3F)cc12. The lowest BCUT2D eigenvalue weighted by Gasteiger charge is -2.10. The Morgan fingerprint density at radius 1 is 0.808 bits per heavy atom. The summed E-state index contributed by atoms with van der Waals surface area (Å²) >= 11 is 0. The van der Waals surface area contributed by atoms with Gasteiger partial charge in [0.15, 0.2) is 5.82 Å². The molecule has 1 N–H and O–H groups in total. The fraction of sp³-hybridized carbons (Fsp3) is 0.0476. The van der Waals surface area contributed by atoms with Gasteiger partial charge in [-0.25, -0.2) is 18.7 Å². The normalized spacial score (nSPS) is 10.9. The molecule has 0 bridgehead atoms. The van der Waals surface area contributed by atoms with Crippen molar-refractivity contribution in [3.63, 3.8) is 0 Å². The van der Waals surface area contributed by atoms with Crippen LogP contribution in [0.2, 0.25) is 0 Å². The van der Waals surface area contributed by atoms with E-state index >= 15 is 0 Å². The minimum Gasteiger partial charge on any atom is -0.373 e. The third-order valence-electron chi connectivity index (χ3n) is 4.21. The monoisotopic (exact) mass is 347 g/mol. The smallest absolute Gasteiger partial charge is 0.162 e. The van der Waals surface area contributed by atoms with E-state index in [4.69, 9.17) is 0 Å². The quantitative estimate of drug-likeness (QED) is 0.548. The van der Waals surface area contributed by atoms with Crippen LogP contribution >= 0.6 is 0 Å². The van der Waals surface area contributed by atoms with Crippen molar-refractivity contribution in [2.75, 3.05) is 12.4 Å². The zero-order valence-corrected chi connectivity index (χ0v) is 14.0. The van der Waals surface area contributed by atoms with E-state index in [9.17, 15) is 8.78 Å². The van der Waals surface area contributed by atoms with Crippen LogP contribution in [0.4, 0.5) is 14.6 Å². The van der Waals surface area contributed by atoms with Gasteiger partial charge in [0.2, 0.25) is 0 Å². The molecule has 4 aromatic rings. The number of hydrogen-bond donors (Lipinski definition) is 1. The van der Waals surface area contributed by atoms with E-state index in [0.717, 1.165) is 22.5 Å². The van der Waals surface area contributed by atoms with Crippen LogP contribution in [0.1, 0.15) is 0 Å². The van der Waals surface area contributed by atoms with Crippen LogP contribution in [0, 0.1) is 11.6 Å². The molecule has 0 saturated carbocycles. The van der Waals surface area contributed by atoms with Crippen LogP contribution < -0.4 is 5.32 Å². The highest BCUT2D eigenvalue weighted by Gasteiger charge is 2.12. The first-order valence-electron chi connectivity index (χ1n) is 8.16. The second-order valence-corrected chi connectivity index (χ2v) is 5.87. The minimum atomic E-state index is -0.600. The Hall–Kier alpha value is -3.34. The standard InChI is InChI=1S/C21H15F2N3/c1-24-21-17-11-14(16-9-8-15(22)12-18(16)23)7-10-19(17)25-20(26-21)13-5-3-2-4-6-13/h2-12H,1H3,(H,24,25,26). The average molecular weight is 347 g/mol. The van der Waals surface area contributed by atoms with Crippen LogP contribution in [0.3, 0.4) is 0 Å². The molecule has 0 aliphatic carbocycles. The maximum atomic E-state index is 14.1. The van der Waals surface area contributed by atoms with Crippen molar-refractivity contribution in [3.05, 3.63) is 78.4 Å². The van der Waals surface area contributed by atoms with Crippen LogP contribution in [0.15, 0.2) is 66.7 Å². The molecule has 4 rings (SSSR count). The maximum absolute atomic E-state index is 14.1. The lowest BCUT2D eigenvalue weighted by atomic mass is 10.0. The summed E-state index contributed by atoms with van der Waals surface area (Å²) in [6.07, 6.45) is 0. The Morgan fingerprint density at radius 2 is 1.62 bits per heavy atom. The van der Waals surface area contributed by atoms with E-state index in [0.29, 0.717) is 22.8 Å². The third kappa shape index (κ3) is 2.88. The van der Waals surface area contributed by atoms with E-state index in [1.807, 2.05) is 42.5 Å². The molecule has 0 fully saturated rings. The molecule has 0 aliphatic heterocycles. The van der Waals surface area contributed by atoms with E-state index in [1.165, 1.54) is 12.1 Å². The molecule has 1 heterocycles. The minimum absolute atomic E-state index is 0.336. The zero-order valence-electron chi connectivity index (χ0n) is 14.0. The van der Waals surface area contributed by atoms with Crippen molar-refractivity contribution >= 4 is 16.7 Å². The van der Waals surface area contributed by atoms with Crippen molar-refractivity contribution in [3.8, 4) is 22.5 Å². The lowest BCUT2D eigenvalue weighted by Crippen LogP contribution is -1.99. The fourth-order valence-corrected chi connectivity index (χ4v) is 2.93. The van der Waals surface area contributed by atoms with E-state index in [2.05, 4.69) is 15.3 Å². The molecule has 0 aliphatic rings. The predicted octanol–water partition coefficient (Wildman–Crippen LogP) is 5.28. The Bertz CT molecular complexity index is 1100. The molecule has 3 aromatic carbocycles. The predicted molar refractivity (Wildman–Crippen MR) is 99.9 cm³/mol. The summed E-state index contributed by atoms with van der Waals surface area (Å²) < 4.78 is 27.3. The number of halogens is 2. The van der Waals surface area contributed by atoms with Gasteiger partial charge in [-0.2, -0.15) is 0 Å². The average Bonchev–Trinajstić information content (AvgIpc) is 2.67. The van der Waals surface area contributed by atoms with Gasteiger partial charge >= 0.3 is 0 Å². The number of fused-ring (bicyclic) bond motifs is 1. The van der Waals surface area contributed by atoms with Gasteiger partial charge in [-0.15, -0.1) is 0 Å². The fourth-order valence-electron chi connectivity index (χ4n) is 2.93. The highest BCUT2D eigenvalue weighted by Crippen LogP contribution is 2.30. The summed E-state index contributed by atoms with van der Waals surface area (Å²) in [4.78, 5) is 9.21. The van der Waals surface area contributed by atoms with Gasteiger partial charge in [-0.05, 0) is 29.8 Å². The largest absolute Gasteiger partial charge is 0.373 e. The van der Waals surface area contributed by atoms with Gasteiger partial charge in [-0.1, -0.05) is 36.4 Å². The summed E-state index contributed by atoms with van der Waals surface area (Å²) in [7, 11) is 1.78. The number of nitrogens with zero attached hydrogens (tertiary/aromatic N) is 2. The first-order chi connectivity index (χ1) is 12.7. The second kappa shape index (κ2) is 6.52. The number of rotatable bonds is 3. The summed E-state index contributed by atoms with van der Waals surface area (Å²) in [5.74, 6) is 0.0670. The van der Waals surface area contributed by atoms with E-state index in [-0.39, 0.29) is 0 Å². The molecule has 5 heteroatoms. The van der Waals surface area contributed by atoms with Crippen molar-refractivity contribution in [2.45, 2.75) is 0 Å². The van der Waals surface area contributed by atoms with Gasteiger partial charge in [0.25, 0.3) is 0 Å². The molecular weight excluding hydrogens is 332 g/mol. The van der Waals surface area contributed by atoms with Crippen LogP contribution in [0.25, 0.3) is 33.4 Å². The Kier molecular flexibility index (Phi) is 4.05. The molecule has 0 atom stereocenters. The number of hydrogen-bond acceptors (Lipinski definition) is 3. The molecule has 128 valence electrons. The Balaban J connectivity index is 1.88. The summed E-state index contributed by atoms with van der Waals surface area (Å²) in [5.41, 5.74) is 2.64. The van der Waals surface area contributed by atoms with Gasteiger partial charge in [0, 0.05) is 29.6 Å². The second-order valence-electron chi connectivity index (χ2n) is 5.87. The Labute approximate surface area is 149 Å². The van der Waals surface area contributed by atoms with Crippen LogP contribution in [0.5, 0.6) is 0 Å². The van der Waals surface area contributed by atoms with Crippen LogP contribution in [-0.2, 0) is 0 Å². The number of aromatic nitrogens is 2. The van der Waals surface area contributed by atoms with E-state index in [1.54, 1.807) is 13.1 Å². The van der Waals surface area contributed by atoms with Crippen molar-refractivity contribution in [2.24, 2.45) is 0 Å². The molecule has 0 saturated heterocycles. The zero-order chi connectivity index (χ0) is 18.1. The topological polar surface area (TPSA) is 37.8 Å². The summed E-state index contributed by atoms with van der Waals surface area (Å²) in [5, 5.41) is 3.85. The lowest BCUT2D eigenvalue weighted by molar-refractivity contribution is 0.585. The molecule has 1 aromatic heterocycles. The highest BCUT2D eigenvalue weighted by molar-refractivity contribution is 5.93. The van der Waals surface area contributed by atoms with E-state index < -0.39 is 11.6 Å². The van der Waals surface area contributed by atoms with Crippen molar-refractivity contribution < 1.29 is 8.78 Å². The van der Waals surface area contributed by atoms with Crippen molar-refractivity contribution in [1.29, 1.82) is 0 Å². The Morgan fingerprint density at radius 3 is 2.35 bits per heavy atom. The highest BCUT2D eigenvalue weighted by atomic mass is 19.1. The molecular formula is C21H15F2N3. The summed E-state index contributed by atoms with van der Waals surface area (Å²) in [6, 6.07) is 18.7. The first-order valence-corrected chi connectivity index (χ1v) is 8.16. The molecule has 3 nitrogen and oxygen atoms in total. The molecule has 0 unspecified atom stereocenters. The molecule has 0 radical (unpaired) electrons. The number of nitrogens with one attached hydrogen (secondary N) is 1. The summed E-state index contributed by atoms with van der Waals surface area (Å²) in [6.45, 7) is 0. The number of benzene rings is 3. The first kappa shape index (κ1) is 16.1. The maximum Gasteiger partial charge on any atom is 0.162 e. The van der Waals surface area contributed by atoms with Crippen LogP contribution in [-0.4, -0.2) is 17.0 Å². The van der Waals surface area contributed by atoms with Crippen molar-refractivity contribution in [1.82, 2.24) is 9.97 Å². The number of anilines is 1. The molecule has 0 amide bonds. The van der Waals surface area contributed by atoms with Gasteiger partial charge in [0.1, 0.15) is 17.5 Å². The van der Waals surface area contributed by atoms with Gasteiger partial charge < -0.3 is 5.32 Å². The van der Waals surface area contributed by atoms with Gasteiger partial charge in [-0.3, -0.25) is 0 Å². The van der Waals surface area contributed by atoms with Gasteiger partial charge in [0.05, 0.1) is 5.52 Å².